The van der Waals surface area contributed by atoms with Crippen molar-refractivity contribution in [1.29, 1.82) is 0 Å². The number of aliphatic hydroxyl groups is 1. The Kier molecular flexibility index (Phi) is 6.83. The van der Waals surface area contributed by atoms with Crippen LogP contribution in [0.3, 0.4) is 0 Å². The number of carbonyl (C=O) groups is 2. The summed E-state index contributed by atoms with van der Waals surface area (Å²) in [5, 5.41) is 19.8. The van der Waals surface area contributed by atoms with Crippen molar-refractivity contribution in [3.8, 4) is 22.8 Å². The van der Waals surface area contributed by atoms with E-state index in [0.717, 1.165) is 12.1 Å². The first kappa shape index (κ1) is 30.9. The van der Waals surface area contributed by atoms with E-state index in [2.05, 4.69) is 15.4 Å². The summed E-state index contributed by atoms with van der Waals surface area (Å²) in [5.41, 5.74) is 3.33. The van der Waals surface area contributed by atoms with E-state index in [0.29, 0.717) is 42.1 Å². The van der Waals surface area contributed by atoms with Gasteiger partial charge in [-0.3, -0.25) is 9.59 Å². The lowest BCUT2D eigenvalue weighted by Crippen LogP contribution is -2.44. The van der Waals surface area contributed by atoms with Gasteiger partial charge in [-0.1, -0.05) is 12.1 Å². The zero-order chi connectivity index (χ0) is 33.5. The molecule has 14 heteroatoms. The van der Waals surface area contributed by atoms with Gasteiger partial charge in [0.15, 0.2) is 0 Å². The van der Waals surface area contributed by atoms with Crippen LogP contribution in [0.5, 0.6) is 11.5 Å². The first-order valence-electron chi connectivity index (χ1n) is 15.1. The molecule has 0 bridgehead atoms. The van der Waals surface area contributed by atoms with Crippen LogP contribution < -0.4 is 20.5 Å². The predicted octanol–water partition coefficient (Wildman–Crippen LogP) is 4.70. The average Bonchev–Trinajstić information content (AvgIpc) is 3.96. The van der Waals surface area contributed by atoms with Gasteiger partial charge < -0.3 is 25.6 Å². The number of aromatic nitrogens is 3. The minimum Gasteiger partial charge on any atom is -0.494 e. The van der Waals surface area contributed by atoms with Crippen molar-refractivity contribution in [3.05, 3.63) is 71.0 Å². The summed E-state index contributed by atoms with van der Waals surface area (Å²) in [6, 6.07) is 8.89. The second kappa shape index (κ2) is 10.4. The summed E-state index contributed by atoms with van der Waals surface area (Å²) in [6.07, 6.45) is -1.10. The van der Waals surface area contributed by atoms with Crippen LogP contribution in [-0.2, 0) is 27.8 Å². The molecule has 47 heavy (non-hydrogen) atoms. The van der Waals surface area contributed by atoms with Gasteiger partial charge in [-0.2, -0.15) is 18.3 Å². The Balaban J connectivity index is 1.25. The maximum atomic E-state index is 14.7. The molecule has 0 spiro atoms. The quantitative estimate of drug-likeness (QED) is 0.222. The molecular formula is C33H31F4N5O5. The minimum atomic E-state index is -4.55. The van der Waals surface area contributed by atoms with Crippen molar-refractivity contribution in [1.82, 2.24) is 20.1 Å². The molecule has 10 nitrogen and oxygen atoms in total. The molecule has 2 saturated carbocycles. The van der Waals surface area contributed by atoms with Crippen LogP contribution >= 0.6 is 0 Å². The molecule has 1 aliphatic heterocycles. The van der Waals surface area contributed by atoms with E-state index >= 15 is 0 Å². The normalized spacial score (nSPS) is 21.1. The number of nitrogens with two attached hydrogens (primary N) is 1. The molecule has 3 aliphatic rings. The molecule has 0 unspecified atom stereocenters. The second-order valence-corrected chi connectivity index (χ2v) is 12.8. The van der Waals surface area contributed by atoms with E-state index in [-0.39, 0.29) is 53.1 Å². The third-order valence-corrected chi connectivity index (χ3v) is 9.45. The zero-order valence-corrected chi connectivity index (χ0v) is 25.4. The second-order valence-electron chi connectivity index (χ2n) is 12.8. The van der Waals surface area contributed by atoms with Crippen molar-refractivity contribution in [2.45, 2.75) is 55.6 Å². The Bertz CT molecular complexity index is 1940. The SMILES string of the molecule is COc1cc(C(=O)NC[C@](O)(c2cc3c(c(-c4ccc(C(F)(F)F)cc4)n2)OC[C@]3(C)C(N)=O)C2CC2)cc2cn(C3(F)CC3)nc12. The number of halogens is 4. The smallest absolute Gasteiger partial charge is 0.416 e. The molecule has 4 N–H and O–H groups in total. The Hall–Kier alpha value is -4.72. The number of hydrogen-bond donors (Lipinski definition) is 3. The molecule has 2 amide bonds. The van der Waals surface area contributed by atoms with Gasteiger partial charge in [-0.05, 0) is 56.0 Å². The molecule has 3 heterocycles. The number of pyridine rings is 1. The van der Waals surface area contributed by atoms with Crippen LogP contribution in [0, 0.1) is 5.92 Å². The number of benzene rings is 2. The lowest BCUT2D eigenvalue weighted by atomic mass is 9.81. The molecule has 0 radical (unpaired) electrons. The van der Waals surface area contributed by atoms with Crippen LogP contribution in [0.25, 0.3) is 22.2 Å². The Morgan fingerprint density at radius 3 is 2.47 bits per heavy atom. The summed E-state index contributed by atoms with van der Waals surface area (Å²) >= 11 is 0. The van der Waals surface area contributed by atoms with Gasteiger partial charge in [0, 0.05) is 41.1 Å². The fourth-order valence-corrected chi connectivity index (χ4v) is 6.07. The Labute approximate surface area is 265 Å². The van der Waals surface area contributed by atoms with E-state index in [1.807, 2.05) is 0 Å². The summed E-state index contributed by atoms with van der Waals surface area (Å²) < 4.78 is 67.2. The highest BCUT2D eigenvalue weighted by Crippen LogP contribution is 2.50. The molecule has 0 saturated heterocycles. The molecule has 2 aliphatic carbocycles. The van der Waals surface area contributed by atoms with Gasteiger partial charge in [-0.25, -0.2) is 14.1 Å². The van der Waals surface area contributed by atoms with E-state index < -0.39 is 40.4 Å². The van der Waals surface area contributed by atoms with Crippen molar-refractivity contribution in [2.24, 2.45) is 11.7 Å². The first-order chi connectivity index (χ1) is 22.2. The summed E-state index contributed by atoms with van der Waals surface area (Å²) in [5.74, 6) is -2.65. The largest absolute Gasteiger partial charge is 0.494 e. The number of ether oxygens (including phenoxy) is 2. The van der Waals surface area contributed by atoms with Crippen molar-refractivity contribution in [2.75, 3.05) is 20.3 Å². The van der Waals surface area contributed by atoms with Crippen LogP contribution in [0.1, 0.15) is 59.8 Å². The summed E-state index contributed by atoms with van der Waals surface area (Å²) in [6.45, 7) is 1.18. The Morgan fingerprint density at radius 1 is 1.17 bits per heavy atom. The number of rotatable bonds is 9. The van der Waals surface area contributed by atoms with Crippen molar-refractivity contribution < 1.29 is 41.7 Å². The molecule has 2 fully saturated rings. The maximum Gasteiger partial charge on any atom is 0.416 e. The maximum absolute atomic E-state index is 14.7. The predicted molar refractivity (Wildman–Crippen MR) is 160 cm³/mol. The molecular weight excluding hydrogens is 622 g/mol. The summed E-state index contributed by atoms with van der Waals surface area (Å²) in [4.78, 5) is 30.8. The molecule has 2 aromatic carbocycles. The van der Waals surface area contributed by atoms with Gasteiger partial charge in [0.2, 0.25) is 11.7 Å². The number of nitrogens with one attached hydrogen (secondary N) is 1. The number of fused-ring (bicyclic) bond motifs is 2. The van der Waals surface area contributed by atoms with Gasteiger partial charge in [0.05, 0.1) is 24.9 Å². The van der Waals surface area contributed by atoms with E-state index in [4.69, 9.17) is 15.2 Å². The number of primary amides is 1. The number of hydrogen-bond acceptors (Lipinski definition) is 7. The number of amides is 2. The van der Waals surface area contributed by atoms with Crippen LogP contribution in [-0.4, -0.2) is 51.9 Å². The molecule has 2 aromatic heterocycles. The third-order valence-electron chi connectivity index (χ3n) is 9.45. The van der Waals surface area contributed by atoms with Crippen molar-refractivity contribution in [3.63, 3.8) is 0 Å². The Morgan fingerprint density at radius 2 is 1.87 bits per heavy atom. The van der Waals surface area contributed by atoms with Crippen LogP contribution in [0.4, 0.5) is 17.6 Å². The number of nitrogens with zero attached hydrogens (tertiary/aromatic N) is 3. The van der Waals surface area contributed by atoms with Crippen LogP contribution in [0.15, 0.2) is 48.7 Å². The standard InChI is InChI=1S/C33H31F4N5O5/c1-30(29(38)44)16-47-27-22(30)13-24(40-26(27)17-3-5-21(6-4-17)33(35,36)37)32(45,20-7-8-20)15-39-28(43)18-11-19-14-42(31(34)9-10-31)41-25(19)23(12-18)46-2/h3-6,11-14,20,45H,7-10,15-16H2,1-2H3,(H2,38,44)(H,39,43)/t30-,32+/m0/s1. The molecule has 7 rings (SSSR count). The fraction of sp³-hybridized carbons (Fsp3) is 0.394. The third kappa shape index (κ3) is 5.14. The number of alkyl halides is 4. The number of carbonyl (C=O) groups excluding carboxylic acids is 2. The van der Waals surface area contributed by atoms with Gasteiger partial charge >= 0.3 is 6.18 Å². The molecule has 246 valence electrons. The number of methoxy groups -OCH3 is 1. The molecule has 4 aromatic rings. The highest BCUT2D eigenvalue weighted by molar-refractivity contribution is 6.00. The summed E-state index contributed by atoms with van der Waals surface area (Å²) in [7, 11) is 1.42. The minimum absolute atomic E-state index is 0.110. The monoisotopic (exact) mass is 653 g/mol. The van der Waals surface area contributed by atoms with Crippen molar-refractivity contribution >= 4 is 22.7 Å². The van der Waals surface area contributed by atoms with E-state index in [1.165, 1.54) is 42.3 Å². The van der Waals surface area contributed by atoms with Gasteiger partial charge in [-0.15, -0.1) is 0 Å². The fourth-order valence-electron chi connectivity index (χ4n) is 6.07. The molecule has 2 atom stereocenters. The average molecular weight is 654 g/mol. The van der Waals surface area contributed by atoms with Gasteiger partial charge in [0.1, 0.15) is 40.3 Å². The van der Waals surface area contributed by atoms with E-state index in [9.17, 15) is 32.3 Å². The van der Waals surface area contributed by atoms with Gasteiger partial charge in [0.25, 0.3) is 5.91 Å². The lowest BCUT2D eigenvalue weighted by molar-refractivity contribution is -0.137. The topological polar surface area (TPSA) is 142 Å². The first-order valence-corrected chi connectivity index (χ1v) is 15.1. The lowest BCUT2D eigenvalue weighted by Gasteiger charge is -2.30. The highest BCUT2D eigenvalue weighted by atomic mass is 19.4. The van der Waals surface area contributed by atoms with E-state index in [1.54, 1.807) is 13.0 Å². The highest BCUT2D eigenvalue weighted by Gasteiger charge is 2.50. The zero-order valence-electron chi connectivity index (χ0n) is 25.4. The van der Waals surface area contributed by atoms with Crippen LogP contribution in [0.2, 0.25) is 0 Å².